The highest BCUT2D eigenvalue weighted by molar-refractivity contribution is 7.71. The van der Waals surface area contributed by atoms with E-state index in [4.69, 9.17) is 12.2 Å². The molecule has 60 valence electrons. The van der Waals surface area contributed by atoms with Gasteiger partial charge in [-0.05, 0) is 25.6 Å². The van der Waals surface area contributed by atoms with Crippen molar-refractivity contribution in [3.8, 4) is 0 Å². The standard InChI is InChI=1S/C7H11N3S/c1-3-4-6-5(2)9-10-7(11)8-6/h3-4H2,1-2H3,(H,8,10,11). The summed E-state index contributed by atoms with van der Waals surface area (Å²) in [5.41, 5.74) is 1.96. The van der Waals surface area contributed by atoms with Gasteiger partial charge in [0.25, 0.3) is 0 Å². The molecule has 0 atom stereocenters. The minimum atomic E-state index is 0.471. The van der Waals surface area contributed by atoms with Gasteiger partial charge in [0.2, 0.25) is 4.77 Å². The summed E-state index contributed by atoms with van der Waals surface area (Å²) in [6, 6.07) is 0. The molecule has 0 saturated carbocycles. The van der Waals surface area contributed by atoms with E-state index in [1.807, 2.05) is 6.92 Å². The molecule has 0 amide bonds. The van der Waals surface area contributed by atoms with Crippen LogP contribution >= 0.6 is 12.2 Å². The fraction of sp³-hybridized carbons (Fsp3) is 0.571. The second-order valence-electron chi connectivity index (χ2n) is 2.42. The monoisotopic (exact) mass is 169 g/mol. The molecule has 0 spiro atoms. The van der Waals surface area contributed by atoms with Crippen LogP contribution in [0.15, 0.2) is 0 Å². The SMILES string of the molecule is CCCc1nc(=S)[nH]nc1C. The van der Waals surface area contributed by atoms with Crippen LogP contribution in [0, 0.1) is 11.7 Å². The lowest BCUT2D eigenvalue weighted by Crippen LogP contribution is -1.99. The molecule has 3 nitrogen and oxygen atoms in total. The summed E-state index contributed by atoms with van der Waals surface area (Å²) in [5.74, 6) is 0. The number of aromatic amines is 1. The van der Waals surface area contributed by atoms with Crippen molar-refractivity contribution in [1.82, 2.24) is 15.2 Å². The fourth-order valence-corrected chi connectivity index (χ4v) is 1.05. The third-order valence-corrected chi connectivity index (χ3v) is 1.64. The summed E-state index contributed by atoms with van der Waals surface area (Å²) in [6.45, 7) is 4.05. The van der Waals surface area contributed by atoms with E-state index in [0.29, 0.717) is 4.77 Å². The van der Waals surface area contributed by atoms with Gasteiger partial charge in [-0.3, -0.25) is 5.10 Å². The van der Waals surface area contributed by atoms with Crippen molar-refractivity contribution in [2.75, 3.05) is 0 Å². The number of rotatable bonds is 2. The largest absolute Gasteiger partial charge is 0.252 e. The minimum absolute atomic E-state index is 0.471. The van der Waals surface area contributed by atoms with Gasteiger partial charge in [0.15, 0.2) is 0 Å². The van der Waals surface area contributed by atoms with E-state index < -0.39 is 0 Å². The average molecular weight is 169 g/mol. The molecule has 11 heavy (non-hydrogen) atoms. The van der Waals surface area contributed by atoms with Crippen LogP contribution in [0.4, 0.5) is 0 Å². The molecule has 0 fully saturated rings. The molecular weight excluding hydrogens is 158 g/mol. The summed E-state index contributed by atoms with van der Waals surface area (Å²) in [4.78, 5) is 4.16. The molecule has 0 unspecified atom stereocenters. The van der Waals surface area contributed by atoms with Gasteiger partial charge in [-0.15, -0.1) is 0 Å². The normalized spacial score (nSPS) is 10.0. The van der Waals surface area contributed by atoms with Gasteiger partial charge in [-0.25, -0.2) is 4.98 Å². The highest BCUT2D eigenvalue weighted by atomic mass is 32.1. The number of hydrogen-bond donors (Lipinski definition) is 1. The van der Waals surface area contributed by atoms with E-state index in [-0.39, 0.29) is 0 Å². The number of nitrogens with zero attached hydrogens (tertiary/aromatic N) is 2. The number of H-pyrrole nitrogens is 1. The van der Waals surface area contributed by atoms with Gasteiger partial charge < -0.3 is 0 Å². The van der Waals surface area contributed by atoms with Crippen molar-refractivity contribution < 1.29 is 0 Å². The molecule has 1 N–H and O–H groups in total. The van der Waals surface area contributed by atoms with Crippen LogP contribution in [0.2, 0.25) is 0 Å². The van der Waals surface area contributed by atoms with E-state index in [1.165, 1.54) is 0 Å². The Bertz CT molecular complexity index is 292. The Morgan fingerprint density at radius 3 is 2.91 bits per heavy atom. The summed E-state index contributed by atoms with van der Waals surface area (Å²) in [6.07, 6.45) is 2.03. The molecule has 1 heterocycles. The second kappa shape index (κ2) is 3.57. The Balaban J connectivity index is 3.02. The lowest BCUT2D eigenvalue weighted by atomic mass is 10.2. The molecule has 0 radical (unpaired) electrons. The maximum atomic E-state index is 4.84. The highest BCUT2D eigenvalue weighted by Crippen LogP contribution is 2.01. The zero-order valence-electron chi connectivity index (χ0n) is 6.72. The molecule has 0 bridgehead atoms. The minimum Gasteiger partial charge on any atom is -0.252 e. The van der Waals surface area contributed by atoms with Crippen molar-refractivity contribution in [3.63, 3.8) is 0 Å². The van der Waals surface area contributed by atoms with E-state index in [0.717, 1.165) is 24.2 Å². The van der Waals surface area contributed by atoms with Gasteiger partial charge >= 0.3 is 0 Å². The maximum absolute atomic E-state index is 4.84. The van der Waals surface area contributed by atoms with Crippen LogP contribution in [0.3, 0.4) is 0 Å². The molecule has 1 rings (SSSR count). The molecule has 0 aliphatic carbocycles. The van der Waals surface area contributed by atoms with Crippen molar-refractivity contribution in [1.29, 1.82) is 0 Å². The van der Waals surface area contributed by atoms with Crippen LogP contribution in [-0.4, -0.2) is 15.2 Å². The molecule has 0 aliphatic rings. The van der Waals surface area contributed by atoms with E-state index in [1.54, 1.807) is 0 Å². The van der Waals surface area contributed by atoms with Crippen LogP contribution in [0.1, 0.15) is 24.7 Å². The van der Waals surface area contributed by atoms with Crippen molar-refractivity contribution in [3.05, 3.63) is 16.2 Å². The summed E-state index contributed by atoms with van der Waals surface area (Å²) in [5, 5.41) is 6.66. The second-order valence-corrected chi connectivity index (χ2v) is 2.81. The van der Waals surface area contributed by atoms with Gasteiger partial charge in [0.05, 0.1) is 11.4 Å². The van der Waals surface area contributed by atoms with E-state index >= 15 is 0 Å². The zero-order chi connectivity index (χ0) is 8.27. The quantitative estimate of drug-likeness (QED) is 0.686. The average Bonchev–Trinajstić information content (AvgIpc) is 1.98. The third kappa shape index (κ3) is 2.08. The van der Waals surface area contributed by atoms with Crippen LogP contribution < -0.4 is 0 Å². The highest BCUT2D eigenvalue weighted by Gasteiger charge is 1.98. The number of aryl methyl sites for hydroxylation is 2. The van der Waals surface area contributed by atoms with Crippen LogP contribution in [0.5, 0.6) is 0 Å². The van der Waals surface area contributed by atoms with Gasteiger partial charge in [0.1, 0.15) is 0 Å². The first-order valence-electron chi connectivity index (χ1n) is 3.66. The third-order valence-electron chi connectivity index (χ3n) is 1.46. The number of nitrogens with one attached hydrogen (secondary N) is 1. The van der Waals surface area contributed by atoms with Crippen LogP contribution in [-0.2, 0) is 6.42 Å². The first-order chi connectivity index (χ1) is 5.24. The molecule has 0 aromatic carbocycles. The Hall–Kier alpha value is -0.770. The first kappa shape index (κ1) is 8.33. The van der Waals surface area contributed by atoms with E-state index in [2.05, 4.69) is 22.1 Å². The Morgan fingerprint density at radius 2 is 2.27 bits per heavy atom. The predicted octanol–water partition coefficient (Wildman–Crippen LogP) is 1.80. The number of hydrogen-bond acceptors (Lipinski definition) is 3. The lowest BCUT2D eigenvalue weighted by Gasteiger charge is -1.99. The van der Waals surface area contributed by atoms with Crippen LogP contribution in [0.25, 0.3) is 0 Å². The molecule has 0 aliphatic heterocycles. The fourth-order valence-electron chi connectivity index (χ4n) is 0.898. The molecule has 1 aromatic rings. The Kier molecular flexibility index (Phi) is 2.70. The first-order valence-corrected chi connectivity index (χ1v) is 4.07. The zero-order valence-corrected chi connectivity index (χ0v) is 7.53. The van der Waals surface area contributed by atoms with Crippen molar-refractivity contribution in [2.45, 2.75) is 26.7 Å². The van der Waals surface area contributed by atoms with E-state index in [9.17, 15) is 0 Å². The van der Waals surface area contributed by atoms with Gasteiger partial charge in [-0.1, -0.05) is 13.3 Å². The molecule has 4 heteroatoms. The summed E-state index contributed by atoms with van der Waals surface area (Å²) in [7, 11) is 0. The molecular formula is C7H11N3S. The smallest absolute Gasteiger partial charge is 0.213 e. The van der Waals surface area contributed by atoms with Gasteiger partial charge in [0, 0.05) is 0 Å². The predicted molar refractivity (Wildman–Crippen MR) is 45.9 cm³/mol. The topological polar surface area (TPSA) is 41.6 Å². The maximum Gasteiger partial charge on any atom is 0.213 e. The van der Waals surface area contributed by atoms with Gasteiger partial charge in [-0.2, -0.15) is 5.10 Å². The van der Waals surface area contributed by atoms with Crippen molar-refractivity contribution >= 4 is 12.2 Å². The molecule has 1 aromatic heterocycles. The lowest BCUT2D eigenvalue weighted by molar-refractivity contribution is 0.800. The Morgan fingerprint density at radius 1 is 1.55 bits per heavy atom. The Labute approximate surface area is 70.9 Å². The van der Waals surface area contributed by atoms with Crippen molar-refractivity contribution in [2.24, 2.45) is 0 Å². The number of aromatic nitrogens is 3. The molecule has 0 saturated heterocycles. The summed E-state index contributed by atoms with van der Waals surface area (Å²) < 4.78 is 0.471. The summed E-state index contributed by atoms with van der Waals surface area (Å²) >= 11 is 4.84.